The summed E-state index contributed by atoms with van der Waals surface area (Å²) >= 11 is 0. The lowest BCUT2D eigenvalue weighted by molar-refractivity contribution is 0.255. The summed E-state index contributed by atoms with van der Waals surface area (Å²) in [4.78, 5) is 15.7. The number of nitrogens with one attached hydrogen (secondary N) is 2. The van der Waals surface area contributed by atoms with Gasteiger partial charge >= 0.3 is 6.03 Å². The first kappa shape index (κ1) is 11.6. The van der Waals surface area contributed by atoms with E-state index in [2.05, 4.69) is 15.6 Å². The summed E-state index contributed by atoms with van der Waals surface area (Å²) in [5.74, 6) is 0.568. The van der Waals surface area contributed by atoms with Crippen molar-refractivity contribution in [2.24, 2.45) is 0 Å². The second-order valence-electron chi connectivity index (χ2n) is 4.33. The first-order chi connectivity index (χ1) is 8.24. The highest BCUT2D eigenvalue weighted by molar-refractivity contribution is 5.88. The Kier molecular flexibility index (Phi) is 3.75. The molecule has 1 saturated carbocycles. The number of hydrogen-bond acceptors (Lipinski definition) is 2. The lowest BCUT2D eigenvalue weighted by atomic mass is 10.2. The zero-order valence-electron chi connectivity index (χ0n) is 9.99. The second kappa shape index (κ2) is 5.48. The third-order valence-corrected chi connectivity index (χ3v) is 2.81. The van der Waals surface area contributed by atoms with Gasteiger partial charge in [0.25, 0.3) is 0 Å². The Bertz CT molecular complexity index is 415. The maximum Gasteiger partial charge on any atom is 0.324 e. The number of hydrogen-bond donors (Lipinski definition) is 2. The molecular formula is C13H17N3O. The van der Waals surface area contributed by atoms with Crippen molar-refractivity contribution in [2.75, 3.05) is 5.32 Å². The van der Waals surface area contributed by atoms with E-state index in [-0.39, 0.29) is 6.03 Å². The van der Waals surface area contributed by atoms with Crippen LogP contribution in [0.25, 0.3) is 0 Å². The van der Waals surface area contributed by atoms with Crippen molar-refractivity contribution in [3.63, 3.8) is 0 Å². The minimum atomic E-state index is -0.235. The minimum absolute atomic E-state index is 0.235. The van der Waals surface area contributed by atoms with E-state index in [4.69, 9.17) is 0 Å². The van der Waals surface area contributed by atoms with Crippen LogP contribution < -0.4 is 10.6 Å². The molecule has 1 aromatic heterocycles. The highest BCUT2D eigenvalue weighted by Crippen LogP contribution is 2.22. The standard InChI is InChI=1S/C13H17N3O/c1-10-6-7-12(14-8-10)16-13(17)15-9-11-4-2-3-5-11/h6-9H,2-5H2,1H3,(H2,14,15,16,17). The van der Waals surface area contributed by atoms with E-state index in [9.17, 15) is 4.79 Å². The largest absolute Gasteiger partial charge is 0.324 e. The van der Waals surface area contributed by atoms with Gasteiger partial charge in [-0.1, -0.05) is 11.6 Å². The average Bonchev–Trinajstić information content (AvgIpc) is 2.83. The number of rotatable bonds is 2. The molecule has 17 heavy (non-hydrogen) atoms. The van der Waals surface area contributed by atoms with E-state index in [0.717, 1.165) is 18.4 Å². The van der Waals surface area contributed by atoms with Gasteiger partial charge in [0, 0.05) is 12.4 Å². The Hall–Kier alpha value is -1.84. The first-order valence-electron chi connectivity index (χ1n) is 5.92. The van der Waals surface area contributed by atoms with Gasteiger partial charge in [-0.25, -0.2) is 9.78 Å². The molecule has 0 saturated heterocycles. The molecule has 0 unspecified atom stereocenters. The van der Waals surface area contributed by atoms with Crippen molar-refractivity contribution in [1.82, 2.24) is 10.3 Å². The SMILES string of the molecule is Cc1ccc(NC(=O)NC=C2CCCC2)nc1. The van der Waals surface area contributed by atoms with Gasteiger partial charge < -0.3 is 5.32 Å². The van der Waals surface area contributed by atoms with Crippen LogP contribution in [0.3, 0.4) is 0 Å². The molecule has 4 heteroatoms. The van der Waals surface area contributed by atoms with Crippen LogP contribution in [0.4, 0.5) is 10.6 Å². The number of aromatic nitrogens is 1. The topological polar surface area (TPSA) is 54.0 Å². The lowest BCUT2D eigenvalue weighted by Gasteiger charge is -2.04. The Morgan fingerprint density at radius 3 is 2.76 bits per heavy atom. The number of nitrogens with zero attached hydrogens (tertiary/aromatic N) is 1. The van der Waals surface area contributed by atoms with Crippen LogP contribution in [0.5, 0.6) is 0 Å². The third-order valence-electron chi connectivity index (χ3n) is 2.81. The van der Waals surface area contributed by atoms with Gasteiger partial charge in [0.15, 0.2) is 0 Å². The molecule has 1 aliphatic rings. The Balaban J connectivity index is 1.84. The maximum atomic E-state index is 11.5. The zero-order valence-corrected chi connectivity index (χ0v) is 9.99. The molecule has 1 heterocycles. The Labute approximate surface area is 101 Å². The van der Waals surface area contributed by atoms with Gasteiger partial charge in [-0.15, -0.1) is 0 Å². The number of urea groups is 1. The summed E-state index contributed by atoms with van der Waals surface area (Å²) in [6, 6.07) is 3.47. The Morgan fingerprint density at radius 1 is 1.35 bits per heavy atom. The summed E-state index contributed by atoms with van der Waals surface area (Å²) in [6.07, 6.45) is 8.21. The number of amides is 2. The summed E-state index contributed by atoms with van der Waals surface area (Å²) in [5.41, 5.74) is 2.39. The van der Waals surface area contributed by atoms with Crippen molar-refractivity contribution < 1.29 is 4.79 Å². The molecule has 0 aliphatic heterocycles. The average molecular weight is 231 g/mol. The van der Waals surface area contributed by atoms with Gasteiger partial charge in [0.2, 0.25) is 0 Å². The molecule has 2 N–H and O–H groups in total. The zero-order chi connectivity index (χ0) is 12.1. The van der Waals surface area contributed by atoms with Crippen LogP contribution in [-0.4, -0.2) is 11.0 Å². The molecular weight excluding hydrogens is 214 g/mol. The second-order valence-corrected chi connectivity index (χ2v) is 4.33. The van der Waals surface area contributed by atoms with E-state index < -0.39 is 0 Å². The minimum Gasteiger partial charge on any atom is -0.314 e. The number of carbonyl (C=O) groups is 1. The predicted octanol–water partition coefficient (Wildman–Crippen LogP) is 2.97. The van der Waals surface area contributed by atoms with E-state index >= 15 is 0 Å². The van der Waals surface area contributed by atoms with Gasteiger partial charge in [-0.2, -0.15) is 0 Å². The number of aryl methyl sites for hydroxylation is 1. The molecule has 1 fully saturated rings. The molecule has 4 nitrogen and oxygen atoms in total. The summed E-state index contributed by atoms with van der Waals surface area (Å²) in [7, 11) is 0. The van der Waals surface area contributed by atoms with Crippen LogP contribution in [0.1, 0.15) is 31.2 Å². The smallest absolute Gasteiger partial charge is 0.314 e. The summed E-state index contributed by atoms with van der Waals surface area (Å²) < 4.78 is 0. The van der Waals surface area contributed by atoms with Crippen molar-refractivity contribution in [3.05, 3.63) is 35.7 Å². The molecule has 1 aliphatic carbocycles. The number of anilines is 1. The van der Waals surface area contributed by atoms with Gasteiger partial charge in [-0.3, -0.25) is 5.32 Å². The summed E-state index contributed by atoms with van der Waals surface area (Å²) in [5, 5.41) is 5.42. The van der Waals surface area contributed by atoms with Gasteiger partial charge in [0.1, 0.15) is 5.82 Å². The molecule has 0 atom stereocenters. The van der Waals surface area contributed by atoms with Crippen LogP contribution in [0.2, 0.25) is 0 Å². The fourth-order valence-electron chi connectivity index (χ4n) is 1.84. The van der Waals surface area contributed by atoms with E-state index in [1.807, 2.05) is 19.2 Å². The van der Waals surface area contributed by atoms with Crippen LogP contribution in [0.15, 0.2) is 30.1 Å². The van der Waals surface area contributed by atoms with Crippen molar-refractivity contribution in [3.8, 4) is 0 Å². The van der Waals surface area contributed by atoms with Crippen LogP contribution in [0, 0.1) is 6.92 Å². The third kappa shape index (κ3) is 3.59. The Morgan fingerprint density at radius 2 is 2.12 bits per heavy atom. The highest BCUT2D eigenvalue weighted by Gasteiger charge is 2.07. The van der Waals surface area contributed by atoms with Crippen LogP contribution >= 0.6 is 0 Å². The molecule has 0 aromatic carbocycles. The van der Waals surface area contributed by atoms with Crippen LogP contribution in [-0.2, 0) is 0 Å². The van der Waals surface area contributed by atoms with Gasteiger partial charge in [0.05, 0.1) is 0 Å². The van der Waals surface area contributed by atoms with Crippen molar-refractivity contribution >= 4 is 11.8 Å². The molecule has 2 amide bonds. The fraction of sp³-hybridized carbons (Fsp3) is 0.385. The molecule has 0 bridgehead atoms. The maximum absolute atomic E-state index is 11.5. The quantitative estimate of drug-likeness (QED) is 0.822. The molecule has 1 aromatic rings. The monoisotopic (exact) mass is 231 g/mol. The highest BCUT2D eigenvalue weighted by atomic mass is 16.2. The normalized spacial score (nSPS) is 14.5. The predicted molar refractivity (Wildman–Crippen MR) is 67.7 cm³/mol. The number of allylic oxidation sites excluding steroid dienone is 1. The van der Waals surface area contributed by atoms with E-state index in [1.54, 1.807) is 12.3 Å². The molecule has 90 valence electrons. The first-order valence-corrected chi connectivity index (χ1v) is 5.92. The van der Waals surface area contributed by atoms with E-state index in [0.29, 0.717) is 5.82 Å². The molecule has 2 rings (SSSR count). The van der Waals surface area contributed by atoms with Crippen molar-refractivity contribution in [2.45, 2.75) is 32.6 Å². The molecule has 0 radical (unpaired) electrons. The lowest BCUT2D eigenvalue weighted by Crippen LogP contribution is -2.24. The number of carbonyl (C=O) groups excluding carboxylic acids is 1. The fourth-order valence-corrected chi connectivity index (χ4v) is 1.84. The molecule has 0 spiro atoms. The number of pyridine rings is 1. The van der Waals surface area contributed by atoms with Gasteiger partial charge in [-0.05, 0) is 44.2 Å². The van der Waals surface area contributed by atoms with E-state index in [1.165, 1.54) is 18.4 Å². The van der Waals surface area contributed by atoms with Crippen molar-refractivity contribution in [1.29, 1.82) is 0 Å². The summed E-state index contributed by atoms with van der Waals surface area (Å²) in [6.45, 7) is 1.96.